The highest BCUT2D eigenvalue weighted by molar-refractivity contribution is 7.15. The summed E-state index contributed by atoms with van der Waals surface area (Å²) in [5.41, 5.74) is 1.35. The molecule has 0 bridgehead atoms. The molecule has 2 heterocycles. The molecule has 1 aromatic carbocycles. The second-order valence-corrected chi connectivity index (χ2v) is 5.30. The first-order valence-electron chi connectivity index (χ1n) is 5.77. The number of aryl methyl sites for hydroxylation is 1. The first kappa shape index (κ1) is 12.5. The number of nitriles is 1. The molecule has 20 heavy (non-hydrogen) atoms. The zero-order valence-corrected chi connectivity index (χ0v) is 11.2. The molecule has 0 amide bonds. The van der Waals surface area contributed by atoms with Gasteiger partial charge in [0.2, 0.25) is 5.82 Å². The summed E-state index contributed by atoms with van der Waals surface area (Å²) in [6.45, 7) is 1.80. The number of aromatic nitrogens is 2. The minimum atomic E-state index is -0.339. The molecule has 4 nitrogen and oxygen atoms in total. The van der Waals surface area contributed by atoms with Crippen molar-refractivity contribution in [2.75, 3.05) is 0 Å². The Kier molecular flexibility index (Phi) is 3.05. The van der Waals surface area contributed by atoms with Crippen molar-refractivity contribution < 1.29 is 8.91 Å². The molecule has 0 spiro atoms. The first-order valence-corrected chi connectivity index (χ1v) is 6.59. The molecule has 98 valence electrons. The van der Waals surface area contributed by atoms with Gasteiger partial charge in [-0.1, -0.05) is 5.16 Å². The van der Waals surface area contributed by atoms with Crippen molar-refractivity contribution in [1.29, 1.82) is 5.26 Å². The smallest absolute Gasteiger partial charge is 0.268 e. The van der Waals surface area contributed by atoms with Gasteiger partial charge in [-0.15, -0.1) is 11.3 Å². The van der Waals surface area contributed by atoms with Crippen LogP contribution < -0.4 is 0 Å². The third kappa shape index (κ3) is 2.31. The molecule has 0 aliphatic carbocycles. The molecule has 2 aromatic heterocycles. The van der Waals surface area contributed by atoms with Crippen LogP contribution in [0.3, 0.4) is 0 Å². The largest absolute Gasteiger partial charge is 0.333 e. The lowest BCUT2D eigenvalue weighted by Gasteiger charge is -1.97. The molecule has 0 radical (unpaired) electrons. The highest BCUT2D eigenvalue weighted by Crippen LogP contribution is 2.28. The van der Waals surface area contributed by atoms with Crippen LogP contribution in [0.25, 0.3) is 22.2 Å². The topological polar surface area (TPSA) is 62.7 Å². The van der Waals surface area contributed by atoms with Gasteiger partial charge < -0.3 is 4.52 Å². The predicted molar refractivity (Wildman–Crippen MR) is 72.5 cm³/mol. The van der Waals surface area contributed by atoms with E-state index in [0.717, 1.165) is 5.56 Å². The van der Waals surface area contributed by atoms with Crippen LogP contribution >= 0.6 is 11.3 Å². The van der Waals surface area contributed by atoms with Crippen molar-refractivity contribution in [3.8, 4) is 28.2 Å². The average Bonchev–Trinajstić information content (AvgIpc) is 3.06. The van der Waals surface area contributed by atoms with Gasteiger partial charge in [0.15, 0.2) is 0 Å². The standard InChI is InChI=1S/C14H8FN3OS/c1-8-4-9(6-10(15)5-8)13-17-14(19-18-13)12-3-2-11(7-16)20-12/h2-6H,1H3. The van der Waals surface area contributed by atoms with E-state index >= 15 is 0 Å². The van der Waals surface area contributed by atoms with Gasteiger partial charge in [-0.3, -0.25) is 0 Å². The van der Waals surface area contributed by atoms with Crippen LogP contribution in [0.2, 0.25) is 0 Å². The highest BCUT2D eigenvalue weighted by atomic mass is 32.1. The number of hydrogen-bond acceptors (Lipinski definition) is 5. The van der Waals surface area contributed by atoms with Crippen LogP contribution in [0.15, 0.2) is 34.9 Å². The molecule has 0 saturated carbocycles. The number of thiophene rings is 1. The Labute approximate surface area is 118 Å². The van der Waals surface area contributed by atoms with Crippen LogP contribution in [-0.2, 0) is 0 Å². The first-order chi connectivity index (χ1) is 9.65. The van der Waals surface area contributed by atoms with E-state index in [1.165, 1.54) is 23.5 Å². The van der Waals surface area contributed by atoms with Crippen LogP contribution in [0, 0.1) is 24.1 Å². The lowest BCUT2D eigenvalue weighted by atomic mass is 10.1. The number of nitrogens with zero attached hydrogens (tertiary/aromatic N) is 3. The van der Waals surface area contributed by atoms with Gasteiger partial charge in [0.1, 0.15) is 16.8 Å². The van der Waals surface area contributed by atoms with Crippen molar-refractivity contribution in [3.63, 3.8) is 0 Å². The second-order valence-electron chi connectivity index (χ2n) is 4.22. The van der Waals surface area contributed by atoms with E-state index in [0.29, 0.717) is 27.0 Å². The fraction of sp³-hybridized carbons (Fsp3) is 0.0714. The number of halogens is 1. The maximum atomic E-state index is 13.4. The maximum absolute atomic E-state index is 13.4. The van der Waals surface area contributed by atoms with Crippen LogP contribution in [0.5, 0.6) is 0 Å². The van der Waals surface area contributed by atoms with Crippen molar-refractivity contribution in [3.05, 3.63) is 46.6 Å². The van der Waals surface area contributed by atoms with Gasteiger partial charge in [0.25, 0.3) is 5.89 Å². The lowest BCUT2D eigenvalue weighted by Crippen LogP contribution is -1.85. The van der Waals surface area contributed by atoms with Crippen LogP contribution in [0.1, 0.15) is 10.4 Å². The zero-order valence-electron chi connectivity index (χ0n) is 10.4. The van der Waals surface area contributed by atoms with Gasteiger partial charge in [0, 0.05) is 5.56 Å². The fourth-order valence-electron chi connectivity index (χ4n) is 1.82. The molecular formula is C14H8FN3OS. The normalized spacial score (nSPS) is 10.4. The quantitative estimate of drug-likeness (QED) is 0.718. The Hall–Kier alpha value is -2.52. The van der Waals surface area contributed by atoms with Gasteiger partial charge in [-0.05, 0) is 42.8 Å². The molecule has 0 aliphatic rings. The second kappa shape index (κ2) is 4.87. The SMILES string of the molecule is Cc1cc(F)cc(-c2noc(-c3ccc(C#N)s3)n2)c1. The highest BCUT2D eigenvalue weighted by Gasteiger charge is 2.13. The van der Waals surface area contributed by atoms with E-state index in [1.54, 1.807) is 25.1 Å². The van der Waals surface area contributed by atoms with E-state index in [-0.39, 0.29) is 5.82 Å². The molecule has 0 fully saturated rings. The summed E-state index contributed by atoms with van der Waals surface area (Å²) in [5.74, 6) is 0.317. The molecular weight excluding hydrogens is 277 g/mol. The molecule has 0 saturated heterocycles. The maximum Gasteiger partial charge on any atom is 0.268 e. The summed E-state index contributed by atoms with van der Waals surface area (Å²) in [5, 5.41) is 12.6. The molecule has 0 aliphatic heterocycles. The Morgan fingerprint density at radius 3 is 2.85 bits per heavy atom. The van der Waals surface area contributed by atoms with Crippen molar-refractivity contribution in [2.45, 2.75) is 6.92 Å². The van der Waals surface area contributed by atoms with E-state index in [1.807, 2.05) is 6.07 Å². The van der Waals surface area contributed by atoms with Gasteiger partial charge in [-0.25, -0.2) is 4.39 Å². The Balaban J connectivity index is 1.99. The van der Waals surface area contributed by atoms with Gasteiger partial charge in [-0.2, -0.15) is 10.2 Å². The van der Waals surface area contributed by atoms with Gasteiger partial charge in [0.05, 0.1) is 4.88 Å². The van der Waals surface area contributed by atoms with Crippen molar-refractivity contribution in [1.82, 2.24) is 10.1 Å². The van der Waals surface area contributed by atoms with E-state index < -0.39 is 0 Å². The molecule has 3 aromatic rings. The minimum absolute atomic E-state index is 0.327. The number of benzene rings is 1. The minimum Gasteiger partial charge on any atom is -0.333 e. The predicted octanol–water partition coefficient (Wildman–Crippen LogP) is 3.78. The summed E-state index contributed by atoms with van der Waals surface area (Å²) in [4.78, 5) is 5.52. The van der Waals surface area contributed by atoms with Crippen molar-refractivity contribution >= 4 is 11.3 Å². The van der Waals surface area contributed by atoms with E-state index in [9.17, 15) is 4.39 Å². The summed E-state index contributed by atoms with van der Waals surface area (Å²) in [7, 11) is 0. The molecule has 0 unspecified atom stereocenters. The summed E-state index contributed by atoms with van der Waals surface area (Å²) in [6.07, 6.45) is 0. The third-order valence-corrected chi connectivity index (χ3v) is 3.63. The molecule has 0 atom stereocenters. The van der Waals surface area contributed by atoms with E-state index in [2.05, 4.69) is 10.1 Å². The summed E-state index contributed by atoms with van der Waals surface area (Å²) >= 11 is 1.27. The average molecular weight is 285 g/mol. The molecule has 0 N–H and O–H groups in total. The van der Waals surface area contributed by atoms with Gasteiger partial charge >= 0.3 is 0 Å². The number of hydrogen-bond donors (Lipinski definition) is 0. The Bertz CT molecular complexity index is 796. The van der Waals surface area contributed by atoms with Crippen LogP contribution in [-0.4, -0.2) is 10.1 Å². The summed E-state index contributed by atoms with van der Waals surface area (Å²) < 4.78 is 18.5. The fourth-order valence-corrected chi connectivity index (χ4v) is 2.54. The van der Waals surface area contributed by atoms with Crippen LogP contribution in [0.4, 0.5) is 4.39 Å². The summed E-state index contributed by atoms with van der Waals surface area (Å²) in [6, 6.07) is 10.1. The Morgan fingerprint density at radius 1 is 1.30 bits per heavy atom. The monoisotopic (exact) mass is 285 g/mol. The Morgan fingerprint density at radius 2 is 2.15 bits per heavy atom. The molecule has 3 rings (SSSR count). The number of rotatable bonds is 2. The van der Waals surface area contributed by atoms with Crippen molar-refractivity contribution in [2.24, 2.45) is 0 Å². The van der Waals surface area contributed by atoms with E-state index in [4.69, 9.17) is 9.78 Å². The third-order valence-electron chi connectivity index (χ3n) is 2.65. The zero-order chi connectivity index (χ0) is 14.1. The lowest BCUT2D eigenvalue weighted by molar-refractivity contribution is 0.433. The molecule has 6 heteroatoms.